The highest BCUT2D eigenvalue weighted by atomic mass is 16.5. The summed E-state index contributed by atoms with van der Waals surface area (Å²) in [4.78, 5) is 17.5. The van der Waals surface area contributed by atoms with E-state index in [1.807, 2.05) is 66.7 Å². The zero-order valence-electron chi connectivity index (χ0n) is 16.9. The lowest BCUT2D eigenvalue weighted by molar-refractivity contribution is 0.306. The highest BCUT2D eigenvalue weighted by Gasteiger charge is 2.12. The molecule has 0 unspecified atom stereocenters. The molecule has 5 rings (SSSR count). The molecule has 0 aliphatic heterocycles. The van der Waals surface area contributed by atoms with Crippen molar-refractivity contribution in [3.05, 3.63) is 96.7 Å². The molecule has 5 aromatic rings. The maximum Gasteiger partial charge on any atom is 0.179 e. The number of fused-ring (bicyclic) bond motifs is 1. The fourth-order valence-corrected chi connectivity index (χ4v) is 3.23. The summed E-state index contributed by atoms with van der Waals surface area (Å²) in [5.41, 5.74) is 7.12. The number of pyridine rings is 1. The Morgan fingerprint density at radius 2 is 1.78 bits per heavy atom. The first kappa shape index (κ1) is 19.2. The smallest absolute Gasteiger partial charge is 0.179 e. The van der Waals surface area contributed by atoms with Gasteiger partial charge in [-0.1, -0.05) is 30.3 Å². The van der Waals surface area contributed by atoms with Gasteiger partial charge in [0, 0.05) is 11.8 Å². The van der Waals surface area contributed by atoms with Gasteiger partial charge in [-0.3, -0.25) is 5.43 Å². The Hall–Kier alpha value is -4.77. The predicted molar refractivity (Wildman–Crippen MR) is 120 cm³/mol. The van der Waals surface area contributed by atoms with Crippen molar-refractivity contribution in [1.29, 1.82) is 5.26 Å². The van der Waals surface area contributed by atoms with Gasteiger partial charge in [0.25, 0.3) is 0 Å². The maximum absolute atomic E-state index is 9.51. The third-order valence-corrected chi connectivity index (χ3v) is 4.80. The molecule has 0 amide bonds. The number of rotatable bonds is 6. The number of nitrogens with zero attached hydrogens (tertiary/aromatic N) is 6. The molecule has 154 valence electrons. The Bertz CT molecular complexity index is 1410. The Morgan fingerprint density at radius 3 is 2.59 bits per heavy atom. The fraction of sp³-hybridized carbons (Fsp3) is 0.0417. The van der Waals surface area contributed by atoms with Gasteiger partial charge in [0.05, 0.1) is 6.20 Å². The van der Waals surface area contributed by atoms with Crippen LogP contribution in [0.1, 0.15) is 11.3 Å². The molecule has 0 bridgehead atoms. The number of imidazole rings is 1. The molecular formula is C24H17N7O. The summed E-state index contributed by atoms with van der Waals surface area (Å²) in [6.45, 7) is 0.482. The number of aromatic nitrogens is 5. The SMILES string of the molecule is N#Cc1ncc(Nn2cnc3cccnc32)nc1-c1ccc(OCc2ccccc2)cc1. The molecule has 3 aromatic heterocycles. The largest absolute Gasteiger partial charge is 0.489 e. The van der Waals surface area contributed by atoms with E-state index in [4.69, 9.17) is 4.74 Å². The second-order valence-corrected chi connectivity index (χ2v) is 6.94. The van der Waals surface area contributed by atoms with Gasteiger partial charge in [0.2, 0.25) is 0 Å². The van der Waals surface area contributed by atoms with Gasteiger partial charge in [-0.2, -0.15) is 5.26 Å². The number of nitriles is 1. The topological polar surface area (TPSA) is 102 Å². The number of nitrogens with one attached hydrogen (secondary N) is 1. The number of anilines is 1. The first-order chi connectivity index (χ1) is 15.8. The van der Waals surface area contributed by atoms with Crippen molar-refractivity contribution in [1.82, 2.24) is 24.6 Å². The Labute approximate surface area is 183 Å². The summed E-state index contributed by atoms with van der Waals surface area (Å²) in [5, 5.41) is 9.51. The van der Waals surface area contributed by atoms with Gasteiger partial charge in [-0.15, -0.1) is 0 Å². The molecule has 0 aliphatic carbocycles. The molecule has 8 heteroatoms. The van der Waals surface area contributed by atoms with Crippen LogP contribution in [0.3, 0.4) is 0 Å². The van der Waals surface area contributed by atoms with Gasteiger partial charge >= 0.3 is 0 Å². The van der Waals surface area contributed by atoms with E-state index in [1.165, 1.54) is 6.20 Å². The maximum atomic E-state index is 9.51. The third-order valence-electron chi connectivity index (χ3n) is 4.80. The summed E-state index contributed by atoms with van der Waals surface area (Å²) < 4.78 is 7.51. The van der Waals surface area contributed by atoms with Gasteiger partial charge in [0.15, 0.2) is 17.2 Å². The summed E-state index contributed by atoms with van der Waals surface area (Å²) in [7, 11) is 0. The third kappa shape index (κ3) is 3.95. The predicted octanol–water partition coefficient (Wildman–Crippen LogP) is 4.21. The Morgan fingerprint density at radius 1 is 0.938 bits per heavy atom. The van der Waals surface area contributed by atoms with Crippen LogP contribution in [-0.2, 0) is 6.61 Å². The molecule has 8 nitrogen and oxygen atoms in total. The molecule has 32 heavy (non-hydrogen) atoms. The molecule has 0 saturated heterocycles. The van der Waals surface area contributed by atoms with Crippen molar-refractivity contribution in [2.75, 3.05) is 5.43 Å². The quantitative estimate of drug-likeness (QED) is 0.440. The van der Waals surface area contributed by atoms with Crippen molar-refractivity contribution >= 4 is 17.0 Å². The lowest BCUT2D eigenvalue weighted by atomic mass is 10.1. The fourth-order valence-electron chi connectivity index (χ4n) is 3.23. The zero-order valence-corrected chi connectivity index (χ0v) is 16.9. The molecule has 1 N–H and O–H groups in total. The van der Waals surface area contributed by atoms with E-state index in [0.717, 1.165) is 22.4 Å². The lowest BCUT2D eigenvalue weighted by Gasteiger charge is -2.10. The molecule has 0 atom stereocenters. The van der Waals surface area contributed by atoms with Crippen molar-refractivity contribution in [3.8, 4) is 23.1 Å². The molecule has 0 fully saturated rings. The molecule has 0 saturated carbocycles. The number of benzene rings is 2. The van der Waals surface area contributed by atoms with E-state index in [-0.39, 0.29) is 5.69 Å². The summed E-state index contributed by atoms with van der Waals surface area (Å²) >= 11 is 0. The van der Waals surface area contributed by atoms with Crippen LogP contribution in [0.2, 0.25) is 0 Å². The van der Waals surface area contributed by atoms with Crippen molar-refractivity contribution in [3.63, 3.8) is 0 Å². The Balaban J connectivity index is 1.38. The van der Waals surface area contributed by atoms with Crippen LogP contribution in [0, 0.1) is 11.3 Å². The van der Waals surface area contributed by atoms with Crippen LogP contribution in [0.4, 0.5) is 5.82 Å². The van der Waals surface area contributed by atoms with Crippen LogP contribution in [0.25, 0.3) is 22.4 Å². The summed E-state index contributed by atoms with van der Waals surface area (Å²) in [5.74, 6) is 1.20. The van der Waals surface area contributed by atoms with E-state index in [1.54, 1.807) is 17.2 Å². The number of ether oxygens (including phenoxy) is 1. The van der Waals surface area contributed by atoms with E-state index < -0.39 is 0 Å². The van der Waals surface area contributed by atoms with Crippen LogP contribution in [0.5, 0.6) is 5.75 Å². The van der Waals surface area contributed by atoms with E-state index in [2.05, 4.69) is 31.4 Å². The minimum atomic E-state index is 0.238. The van der Waals surface area contributed by atoms with Crippen LogP contribution >= 0.6 is 0 Å². The second-order valence-electron chi connectivity index (χ2n) is 6.94. The van der Waals surface area contributed by atoms with Crippen LogP contribution < -0.4 is 10.2 Å². The van der Waals surface area contributed by atoms with Crippen molar-refractivity contribution in [2.24, 2.45) is 0 Å². The minimum absolute atomic E-state index is 0.238. The molecule has 0 aliphatic rings. The molecule has 0 radical (unpaired) electrons. The molecular weight excluding hydrogens is 402 g/mol. The van der Waals surface area contributed by atoms with Gasteiger partial charge in [-0.05, 0) is 42.0 Å². The average molecular weight is 419 g/mol. The average Bonchev–Trinajstić information content (AvgIpc) is 3.26. The minimum Gasteiger partial charge on any atom is -0.489 e. The lowest BCUT2D eigenvalue weighted by Crippen LogP contribution is -2.11. The van der Waals surface area contributed by atoms with Crippen LogP contribution in [0.15, 0.2) is 85.5 Å². The van der Waals surface area contributed by atoms with E-state index >= 15 is 0 Å². The normalized spacial score (nSPS) is 10.6. The Kier molecular flexibility index (Phi) is 5.12. The first-order valence-corrected chi connectivity index (χ1v) is 9.89. The number of hydrogen-bond donors (Lipinski definition) is 1. The standard InChI is InChI=1S/C24H17N7O/c25-13-21-23(18-8-10-19(11-9-18)32-15-17-5-2-1-3-6-17)29-22(14-27-21)30-31-16-28-20-7-4-12-26-24(20)31/h1-12,14,16H,15H2,(H,29,30). The van der Waals surface area contributed by atoms with Crippen molar-refractivity contribution < 1.29 is 4.74 Å². The monoisotopic (exact) mass is 419 g/mol. The molecule has 0 spiro atoms. The summed E-state index contributed by atoms with van der Waals surface area (Å²) in [6.07, 6.45) is 4.82. The highest BCUT2D eigenvalue weighted by Crippen LogP contribution is 2.25. The van der Waals surface area contributed by atoms with E-state index in [9.17, 15) is 5.26 Å². The van der Waals surface area contributed by atoms with Gasteiger partial charge in [0.1, 0.15) is 36.0 Å². The van der Waals surface area contributed by atoms with Crippen LogP contribution in [-0.4, -0.2) is 24.6 Å². The molecule has 3 heterocycles. The first-order valence-electron chi connectivity index (χ1n) is 9.89. The highest BCUT2D eigenvalue weighted by molar-refractivity contribution is 5.71. The van der Waals surface area contributed by atoms with E-state index in [0.29, 0.717) is 23.8 Å². The van der Waals surface area contributed by atoms with Gasteiger partial charge < -0.3 is 4.74 Å². The number of hydrogen-bond acceptors (Lipinski definition) is 7. The van der Waals surface area contributed by atoms with Crippen molar-refractivity contribution in [2.45, 2.75) is 6.61 Å². The summed E-state index contributed by atoms with van der Waals surface area (Å²) in [6, 6.07) is 23.2. The molecule has 2 aromatic carbocycles. The van der Waals surface area contributed by atoms with Gasteiger partial charge in [-0.25, -0.2) is 24.6 Å². The second kappa shape index (κ2) is 8.53. The zero-order chi connectivity index (χ0) is 21.8.